The number of carbonyl (C=O) groups is 1. The lowest BCUT2D eigenvalue weighted by Gasteiger charge is -2.08. The molecule has 0 aliphatic rings. The number of ketones is 1. The van der Waals surface area contributed by atoms with Gasteiger partial charge in [0.05, 0.1) is 9.92 Å². The highest BCUT2D eigenvalue weighted by Gasteiger charge is 2.16. The van der Waals surface area contributed by atoms with Crippen molar-refractivity contribution >= 4 is 27.4 Å². The molecular formula is C18H16ClFN4O4S. The number of pyridine rings is 1. The van der Waals surface area contributed by atoms with E-state index in [1.54, 1.807) is 13.0 Å². The number of aromatic nitrogens is 3. The van der Waals surface area contributed by atoms with Gasteiger partial charge in [0.15, 0.2) is 5.78 Å². The SMILES string of the molecule is Cc1nnc(CCC(=O)c2ccc(CNS(=O)(=O)c3ccc(F)c(Cl)c3)cn2)o1. The molecule has 0 bridgehead atoms. The van der Waals surface area contributed by atoms with Crippen molar-refractivity contribution in [3.63, 3.8) is 0 Å². The van der Waals surface area contributed by atoms with E-state index in [2.05, 4.69) is 19.9 Å². The topological polar surface area (TPSA) is 115 Å². The molecule has 2 aromatic heterocycles. The zero-order chi connectivity index (χ0) is 21.0. The van der Waals surface area contributed by atoms with Crippen LogP contribution in [0.5, 0.6) is 0 Å². The molecule has 3 rings (SSSR count). The number of halogens is 2. The molecule has 0 amide bonds. The van der Waals surface area contributed by atoms with Crippen molar-refractivity contribution in [2.45, 2.75) is 31.2 Å². The Morgan fingerprint density at radius 2 is 2.03 bits per heavy atom. The summed E-state index contributed by atoms with van der Waals surface area (Å²) in [6.07, 6.45) is 1.87. The van der Waals surface area contributed by atoms with Gasteiger partial charge >= 0.3 is 0 Å². The summed E-state index contributed by atoms with van der Waals surface area (Å²) in [7, 11) is -3.88. The third-order valence-electron chi connectivity index (χ3n) is 3.91. The summed E-state index contributed by atoms with van der Waals surface area (Å²) in [6.45, 7) is 1.61. The predicted molar refractivity (Wildman–Crippen MR) is 101 cm³/mol. The first-order valence-electron chi connectivity index (χ1n) is 8.46. The highest BCUT2D eigenvalue weighted by Crippen LogP contribution is 2.19. The van der Waals surface area contributed by atoms with Crippen molar-refractivity contribution in [3.8, 4) is 0 Å². The van der Waals surface area contributed by atoms with Crippen molar-refractivity contribution in [2.24, 2.45) is 0 Å². The Morgan fingerprint density at radius 3 is 2.66 bits per heavy atom. The number of aryl methyl sites for hydroxylation is 2. The smallest absolute Gasteiger partial charge is 0.240 e. The molecule has 0 aliphatic carbocycles. The summed E-state index contributed by atoms with van der Waals surface area (Å²) in [6, 6.07) is 6.24. The number of sulfonamides is 1. The summed E-state index contributed by atoms with van der Waals surface area (Å²) in [5, 5.41) is 7.23. The first-order valence-corrected chi connectivity index (χ1v) is 10.3. The molecule has 1 aromatic carbocycles. The largest absolute Gasteiger partial charge is 0.426 e. The van der Waals surface area contributed by atoms with Crippen LogP contribution in [0.3, 0.4) is 0 Å². The van der Waals surface area contributed by atoms with Crippen LogP contribution in [0.4, 0.5) is 4.39 Å². The van der Waals surface area contributed by atoms with Gasteiger partial charge < -0.3 is 4.42 Å². The standard InChI is InChI=1S/C18H16ClFN4O4S/c1-11-23-24-18(28-11)7-6-17(25)16-5-2-12(9-21-16)10-22-29(26,27)13-3-4-15(20)14(19)8-13/h2-5,8-9,22H,6-7,10H2,1H3. The fourth-order valence-corrected chi connectivity index (χ4v) is 3.68. The molecule has 0 spiro atoms. The van der Waals surface area contributed by atoms with E-state index in [1.165, 1.54) is 12.3 Å². The molecule has 1 N–H and O–H groups in total. The van der Waals surface area contributed by atoms with Gasteiger partial charge in [0.2, 0.25) is 21.8 Å². The van der Waals surface area contributed by atoms with Crippen LogP contribution in [0.1, 0.15) is 34.3 Å². The number of benzene rings is 1. The molecule has 0 radical (unpaired) electrons. The van der Waals surface area contributed by atoms with Crippen LogP contribution in [0, 0.1) is 12.7 Å². The number of nitrogens with one attached hydrogen (secondary N) is 1. The predicted octanol–water partition coefficient (Wildman–Crippen LogP) is 2.86. The molecule has 152 valence electrons. The third-order valence-corrected chi connectivity index (χ3v) is 5.60. The lowest BCUT2D eigenvalue weighted by molar-refractivity contribution is 0.0975. The fourth-order valence-electron chi connectivity index (χ4n) is 2.39. The molecule has 29 heavy (non-hydrogen) atoms. The Bertz CT molecular complexity index is 1130. The van der Waals surface area contributed by atoms with Gasteiger partial charge in [0, 0.05) is 32.5 Å². The van der Waals surface area contributed by atoms with E-state index in [4.69, 9.17) is 16.0 Å². The Hall–Kier alpha value is -2.69. The Morgan fingerprint density at radius 1 is 1.24 bits per heavy atom. The number of carbonyl (C=O) groups excluding carboxylic acids is 1. The Balaban J connectivity index is 1.58. The van der Waals surface area contributed by atoms with Gasteiger partial charge in [-0.2, -0.15) is 0 Å². The summed E-state index contributed by atoms with van der Waals surface area (Å²) >= 11 is 5.63. The van der Waals surface area contributed by atoms with Crippen LogP contribution in [0.25, 0.3) is 0 Å². The van der Waals surface area contributed by atoms with Crippen LogP contribution in [0.2, 0.25) is 5.02 Å². The van der Waals surface area contributed by atoms with Crippen molar-refractivity contribution in [1.82, 2.24) is 19.9 Å². The molecule has 0 saturated heterocycles. The van der Waals surface area contributed by atoms with Crippen molar-refractivity contribution in [2.75, 3.05) is 0 Å². The molecule has 0 atom stereocenters. The van der Waals surface area contributed by atoms with Crippen LogP contribution in [0.15, 0.2) is 45.8 Å². The maximum Gasteiger partial charge on any atom is 0.240 e. The normalized spacial score (nSPS) is 11.6. The average Bonchev–Trinajstić information content (AvgIpc) is 3.12. The molecule has 11 heteroatoms. The molecule has 8 nitrogen and oxygen atoms in total. The van der Waals surface area contributed by atoms with Crippen molar-refractivity contribution < 1.29 is 22.0 Å². The summed E-state index contributed by atoms with van der Waals surface area (Å²) in [5.74, 6) is -0.0960. The molecule has 2 heterocycles. The molecule has 0 aliphatic heterocycles. The maximum absolute atomic E-state index is 13.2. The lowest BCUT2D eigenvalue weighted by atomic mass is 10.1. The van der Waals surface area contributed by atoms with Crippen LogP contribution < -0.4 is 4.72 Å². The maximum atomic E-state index is 13.2. The van der Waals surface area contributed by atoms with Gasteiger partial charge in [-0.05, 0) is 29.8 Å². The van der Waals surface area contributed by atoms with Crippen molar-refractivity contribution in [3.05, 3.63) is 70.4 Å². The second-order valence-electron chi connectivity index (χ2n) is 6.09. The number of Topliss-reactive ketones (excluding diaryl/α,β-unsaturated/α-hetero) is 1. The lowest BCUT2D eigenvalue weighted by Crippen LogP contribution is -2.23. The minimum atomic E-state index is -3.88. The fraction of sp³-hybridized carbons (Fsp3) is 0.222. The molecule has 0 fully saturated rings. The van der Waals surface area contributed by atoms with E-state index in [0.717, 1.165) is 18.2 Å². The zero-order valence-corrected chi connectivity index (χ0v) is 16.8. The molecular weight excluding hydrogens is 423 g/mol. The first-order chi connectivity index (χ1) is 13.7. The number of hydrogen-bond donors (Lipinski definition) is 1. The third kappa shape index (κ3) is 5.43. The van der Waals surface area contributed by atoms with E-state index in [-0.39, 0.29) is 34.4 Å². The first kappa shape index (κ1) is 21.0. The van der Waals surface area contributed by atoms with Gasteiger partial charge in [-0.1, -0.05) is 17.7 Å². The van der Waals surface area contributed by atoms with E-state index in [0.29, 0.717) is 23.8 Å². The second-order valence-corrected chi connectivity index (χ2v) is 8.26. The van der Waals surface area contributed by atoms with Crippen LogP contribution >= 0.6 is 11.6 Å². The van der Waals surface area contributed by atoms with E-state index >= 15 is 0 Å². The van der Waals surface area contributed by atoms with E-state index in [9.17, 15) is 17.6 Å². The highest BCUT2D eigenvalue weighted by molar-refractivity contribution is 7.89. The van der Waals surface area contributed by atoms with Crippen molar-refractivity contribution in [1.29, 1.82) is 0 Å². The number of hydrogen-bond acceptors (Lipinski definition) is 7. The average molecular weight is 439 g/mol. The molecule has 0 unspecified atom stereocenters. The molecule has 3 aromatic rings. The van der Waals surface area contributed by atoms with Gasteiger partial charge in [0.25, 0.3) is 0 Å². The summed E-state index contributed by atoms with van der Waals surface area (Å²) in [5.41, 5.74) is 0.795. The highest BCUT2D eigenvalue weighted by atomic mass is 35.5. The molecule has 0 saturated carbocycles. The Kier molecular flexibility index (Phi) is 6.36. The van der Waals surface area contributed by atoms with E-state index < -0.39 is 15.8 Å². The minimum absolute atomic E-state index is 0.0555. The second kappa shape index (κ2) is 8.76. The van der Waals surface area contributed by atoms with E-state index in [1.807, 2.05) is 0 Å². The van der Waals surface area contributed by atoms with Gasteiger partial charge in [-0.25, -0.2) is 17.5 Å². The number of rotatable bonds is 8. The monoisotopic (exact) mass is 438 g/mol. The Labute approximate surface area is 171 Å². The van der Waals surface area contributed by atoms with Crippen LogP contribution in [-0.4, -0.2) is 29.4 Å². The quantitative estimate of drug-likeness (QED) is 0.537. The number of nitrogens with zero attached hydrogens (tertiary/aromatic N) is 3. The van der Waals surface area contributed by atoms with Crippen LogP contribution in [-0.2, 0) is 23.0 Å². The van der Waals surface area contributed by atoms with Gasteiger partial charge in [0.1, 0.15) is 11.5 Å². The summed E-state index contributed by atoms with van der Waals surface area (Å²) < 4.78 is 45.3. The zero-order valence-electron chi connectivity index (χ0n) is 15.2. The summed E-state index contributed by atoms with van der Waals surface area (Å²) in [4.78, 5) is 16.1. The van der Waals surface area contributed by atoms with Gasteiger partial charge in [-0.3, -0.25) is 9.78 Å². The van der Waals surface area contributed by atoms with Gasteiger partial charge in [-0.15, -0.1) is 10.2 Å². The minimum Gasteiger partial charge on any atom is -0.426 e.